The zero-order valence-electron chi connectivity index (χ0n) is 30.7. The summed E-state index contributed by atoms with van der Waals surface area (Å²) in [6.07, 6.45) is 0. The number of hydrogen-bond acceptors (Lipinski definition) is 8. The number of hydrogen-bond donors (Lipinski definition) is 0. The molecule has 0 saturated carbocycles. The van der Waals surface area contributed by atoms with Crippen molar-refractivity contribution in [3.63, 3.8) is 0 Å². The lowest BCUT2D eigenvalue weighted by Gasteiger charge is -2.33. The van der Waals surface area contributed by atoms with Crippen LogP contribution in [-0.2, 0) is 0 Å². The first-order chi connectivity index (χ1) is 28.7. The van der Waals surface area contributed by atoms with E-state index in [9.17, 15) is 0 Å². The fraction of sp³-hybridized carbons (Fsp3) is 0. The largest absolute Gasteiger partial charge is 0.453 e. The molecule has 0 saturated heterocycles. The Bertz CT molecular complexity index is 2870. The normalized spacial score (nSPS) is 12.8. The summed E-state index contributed by atoms with van der Waals surface area (Å²) in [5.74, 6) is 2.17. The van der Waals surface area contributed by atoms with Gasteiger partial charge in [-0.25, -0.2) is 9.97 Å². The maximum absolute atomic E-state index is 6.62. The van der Waals surface area contributed by atoms with Crippen molar-refractivity contribution in [2.24, 2.45) is 0 Å². The Kier molecular flexibility index (Phi) is 7.54. The summed E-state index contributed by atoms with van der Waals surface area (Å²) in [7, 11) is 0. The van der Waals surface area contributed by atoms with Crippen LogP contribution in [0, 0.1) is 0 Å². The second-order valence-electron chi connectivity index (χ2n) is 14.2. The van der Waals surface area contributed by atoms with Crippen LogP contribution in [0.4, 0.5) is 34.1 Å². The topological polar surface area (TPSA) is 54.6 Å². The first kappa shape index (κ1) is 33.1. The number of ether oxygens (including phenoxy) is 1. The monoisotopic (exact) mass is 782 g/mol. The molecule has 8 aromatic carbocycles. The van der Waals surface area contributed by atoms with Gasteiger partial charge in [0.05, 0.1) is 33.0 Å². The molecule has 2 aliphatic rings. The van der Waals surface area contributed by atoms with E-state index in [-0.39, 0.29) is 0 Å². The quantitative estimate of drug-likeness (QED) is 0.172. The average molecular weight is 783 g/mol. The van der Waals surface area contributed by atoms with Crippen molar-refractivity contribution in [1.29, 1.82) is 0 Å². The summed E-state index contributed by atoms with van der Waals surface area (Å²) in [5, 5.41) is 0.927. The number of aromatic nitrogens is 2. The SMILES string of the molecule is c1ccc2c(c1)Oc1ccccc1N2c1ccc(-c2ccc(N3c4ccccc4Sc4ccccc43)cc2-c2nc3ccccc3o2)c(-c2nc3ccccc3s2)c1. The fourth-order valence-corrected chi connectivity index (χ4v) is 10.2. The van der Waals surface area contributed by atoms with Gasteiger partial charge in [-0.1, -0.05) is 96.7 Å². The summed E-state index contributed by atoms with van der Waals surface area (Å²) in [5.41, 5.74) is 12.7. The van der Waals surface area contributed by atoms with Crippen molar-refractivity contribution in [3.8, 4) is 44.7 Å². The second kappa shape index (κ2) is 13.2. The molecule has 0 fully saturated rings. The molecule has 10 aromatic rings. The van der Waals surface area contributed by atoms with Crippen LogP contribution in [0.1, 0.15) is 0 Å². The Morgan fingerprint density at radius 2 is 0.966 bits per heavy atom. The number of fused-ring (bicyclic) bond motifs is 6. The van der Waals surface area contributed by atoms with Gasteiger partial charge in [0.15, 0.2) is 17.1 Å². The molecule has 12 rings (SSSR count). The lowest BCUT2D eigenvalue weighted by molar-refractivity contribution is 0.477. The minimum Gasteiger partial charge on any atom is -0.453 e. The smallest absolute Gasteiger partial charge is 0.228 e. The third kappa shape index (κ3) is 5.34. The molecule has 0 amide bonds. The van der Waals surface area contributed by atoms with E-state index in [2.05, 4.69) is 137 Å². The minimum absolute atomic E-state index is 0.557. The van der Waals surface area contributed by atoms with E-state index in [0.29, 0.717) is 5.89 Å². The van der Waals surface area contributed by atoms with Crippen LogP contribution in [0.25, 0.3) is 54.5 Å². The molecule has 0 spiro atoms. The zero-order valence-corrected chi connectivity index (χ0v) is 32.4. The molecule has 0 radical (unpaired) electrons. The summed E-state index contributed by atoms with van der Waals surface area (Å²) >= 11 is 3.50. The Balaban J connectivity index is 1.11. The molecule has 0 unspecified atom stereocenters. The van der Waals surface area contributed by atoms with Crippen molar-refractivity contribution in [2.75, 3.05) is 9.80 Å². The maximum Gasteiger partial charge on any atom is 0.228 e. The lowest BCUT2D eigenvalue weighted by atomic mass is 9.93. The predicted octanol–water partition coefficient (Wildman–Crippen LogP) is 14.9. The van der Waals surface area contributed by atoms with Crippen LogP contribution in [0.2, 0.25) is 0 Å². The number of para-hydroxylation sites is 9. The molecular weight excluding hydrogens is 753 g/mol. The van der Waals surface area contributed by atoms with Crippen LogP contribution in [-0.4, -0.2) is 9.97 Å². The van der Waals surface area contributed by atoms with E-state index in [0.717, 1.165) is 94.2 Å². The number of oxazole rings is 1. The summed E-state index contributed by atoms with van der Waals surface area (Å²) in [4.78, 5) is 17.4. The van der Waals surface area contributed by atoms with E-state index in [1.165, 1.54) is 9.79 Å². The lowest BCUT2D eigenvalue weighted by Crippen LogP contribution is -2.15. The number of benzene rings is 8. The van der Waals surface area contributed by atoms with Gasteiger partial charge in [0.25, 0.3) is 0 Å². The molecule has 6 nitrogen and oxygen atoms in total. The standard InChI is InChI=1S/C50H30N4O2S2/c1-7-19-43-37(13-1)51-49(56-43)35-29-31(54-41-17-5-11-23-47(41)57-48-24-12-6-18-42(48)54)25-27-33(35)34-28-26-32(30-36(34)50-52-38-14-2-10-22-46(38)58-50)53-39-15-3-8-20-44(39)55-45-21-9-4-16-40(45)53/h1-30H. The molecule has 274 valence electrons. The minimum atomic E-state index is 0.557. The van der Waals surface area contributed by atoms with Crippen molar-refractivity contribution in [3.05, 3.63) is 182 Å². The van der Waals surface area contributed by atoms with Gasteiger partial charge < -0.3 is 19.0 Å². The third-order valence-corrected chi connectivity index (χ3v) is 12.9. The maximum atomic E-state index is 6.62. The molecule has 0 N–H and O–H groups in total. The Hall–Kier alpha value is -7.13. The summed E-state index contributed by atoms with van der Waals surface area (Å²) in [6, 6.07) is 63.2. The van der Waals surface area contributed by atoms with Crippen molar-refractivity contribution < 1.29 is 9.15 Å². The highest BCUT2D eigenvalue weighted by atomic mass is 32.2. The van der Waals surface area contributed by atoms with Crippen molar-refractivity contribution in [2.45, 2.75) is 9.79 Å². The molecule has 0 aliphatic carbocycles. The number of rotatable bonds is 5. The predicted molar refractivity (Wildman–Crippen MR) is 237 cm³/mol. The molecule has 0 bridgehead atoms. The van der Waals surface area contributed by atoms with E-state index >= 15 is 0 Å². The van der Waals surface area contributed by atoms with Gasteiger partial charge in [-0.05, 0) is 108 Å². The molecule has 8 heteroatoms. The Morgan fingerprint density at radius 3 is 1.64 bits per heavy atom. The first-order valence-electron chi connectivity index (χ1n) is 19.1. The van der Waals surface area contributed by atoms with Gasteiger partial charge in [-0.3, -0.25) is 0 Å². The highest BCUT2D eigenvalue weighted by Crippen LogP contribution is 2.54. The Labute approximate surface area is 342 Å². The van der Waals surface area contributed by atoms with Gasteiger partial charge in [-0.15, -0.1) is 11.3 Å². The highest BCUT2D eigenvalue weighted by molar-refractivity contribution is 7.99. The van der Waals surface area contributed by atoms with Crippen molar-refractivity contribution >= 4 is 78.5 Å². The van der Waals surface area contributed by atoms with Gasteiger partial charge in [-0.2, -0.15) is 0 Å². The number of nitrogens with zero attached hydrogens (tertiary/aromatic N) is 4. The van der Waals surface area contributed by atoms with Crippen LogP contribution in [0.5, 0.6) is 11.5 Å². The first-order valence-corrected chi connectivity index (χ1v) is 20.7. The molecule has 4 heterocycles. The van der Waals surface area contributed by atoms with Crippen molar-refractivity contribution in [1.82, 2.24) is 9.97 Å². The zero-order chi connectivity index (χ0) is 38.2. The van der Waals surface area contributed by atoms with E-state index < -0.39 is 0 Å². The summed E-state index contributed by atoms with van der Waals surface area (Å²) in [6.45, 7) is 0. The van der Waals surface area contributed by atoms with Gasteiger partial charge in [0.1, 0.15) is 10.5 Å². The number of thiazole rings is 1. The molecule has 2 aromatic heterocycles. The number of anilines is 6. The average Bonchev–Trinajstić information content (AvgIpc) is 3.92. The van der Waals surface area contributed by atoms with Gasteiger partial charge >= 0.3 is 0 Å². The van der Waals surface area contributed by atoms with Gasteiger partial charge in [0.2, 0.25) is 5.89 Å². The molecule has 58 heavy (non-hydrogen) atoms. The van der Waals surface area contributed by atoms with Gasteiger partial charge in [0, 0.05) is 32.3 Å². The molecule has 2 aliphatic heterocycles. The third-order valence-electron chi connectivity index (χ3n) is 10.7. The van der Waals surface area contributed by atoms with E-state index in [4.69, 9.17) is 19.1 Å². The summed E-state index contributed by atoms with van der Waals surface area (Å²) < 4.78 is 14.1. The van der Waals surface area contributed by atoms with Crippen LogP contribution in [0.15, 0.2) is 196 Å². The van der Waals surface area contributed by atoms with Crippen LogP contribution >= 0.6 is 23.1 Å². The highest BCUT2D eigenvalue weighted by Gasteiger charge is 2.29. The second-order valence-corrected chi connectivity index (χ2v) is 16.3. The van der Waals surface area contributed by atoms with E-state index in [1.54, 1.807) is 23.1 Å². The molecular formula is C50H30N4O2S2. The Morgan fingerprint density at radius 1 is 0.431 bits per heavy atom. The van der Waals surface area contributed by atoms with E-state index in [1.807, 2.05) is 54.6 Å². The van der Waals surface area contributed by atoms with Crippen LogP contribution < -0.4 is 14.5 Å². The molecule has 0 atom stereocenters. The van der Waals surface area contributed by atoms with Crippen LogP contribution in [0.3, 0.4) is 0 Å². The fourth-order valence-electron chi connectivity index (χ4n) is 8.11.